The number of aliphatic hydroxyl groups is 1. The summed E-state index contributed by atoms with van der Waals surface area (Å²) in [5.41, 5.74) is -0.733. The van der Waals surface area contributed by atoms with E-state index in [9.17, 15) is 9.59 Å². The third kappa shape index (κ3) is 2.64. The first kappa shape index (κ1) is 14.0. The van der Waals surface area contributed by atoms with E-state index < -0.39 is 11.4 Å². The van der Waals surface area contributed by atoms with Crippen LogP contribution in [0.25, 0.3) is 0 Å². The van der Waals surface area contributed by atoms with E-state index in [-0.39, 0.29) is 24.8 Å². The number of aliphatic hydroxyl groups excluding tert-OH is 1. The maximum atomic E-state index is 11.9. The molecule has 2 fully saturated rings. The molecule has 106 valence electrons. The van der Waals surface area contributed by atoms with E-state index in [2.05, 4.69) is 5.32 Å². The molecule has 3 amide bonds. The third-order valence-electron chi connectivity index (χ3n) is 3.67. The fourth-order valence-electron chi connectivity index (χ4n) is 2.59. The molecule has 19 heavy (non-hydrogen) atoms. The Morgan fingerprint density at radius 3 is 2.84 bits per heavy atom. The molecule has 2 heterocycles. The highest BCUT2D eigenvalue weighted by molar-refractivity contribution is 6.00. The summed E-state index contributed by atoms with van der Waals surface area (Å²) >= 11 is 0. The van der Waals surface area contributed by atoms with Gasteiger partial charge in [-0.3, -0.25) is 15.0 Å². The molecule has 1 unspecified atom stereocenters. The zero-order valence-electron chi connectivity index (χ0n) is 11.3. The Balaban J connectivity index is 2.13. The normalized spacial score (nSPS) is 36.1. The van der Waals surface area contributed by atoms with Crippen molar-refractivity contribution in [2.24, 2.45) is 5.41 Å². The number of allylic oxidation sites excluding steroid dienone is 1. The predicted molar refractivity (Wildman–Crippen MR) is 68.1 cm³/mol. The van der Waals surface area contributed by atoms with Crippen molar-refractivity contribution in [2.75, 3.05) is 13.2 Å². The number of hydrogen-bond acceptors (Lipinski definition) is 4. The van der Waals surface area contributed by atoms with Crippen LogP contribution in [0.15, 0.2) is 12.2 Å². The van der Waals surface area contributed by atoms with Crippen LogP contribution >= 0.6 is 0 Å². The van der Waals surface area contributed by atoms with Crippen LogP contribution in [0.5, 0.6) is 0 Å². The van der Waals surface area contributed by atoms with Crippen molar-refractivity contribution in [2.45, 2.75) is 39.0 Å². The number of hydrogen-bond donors (Lipinski definition) is 2. The molecule has 2 saturated heterocycles. The van der Waals surface area contributed by atoms with Crippen molar-refractivity contribution in [3.63, 3.8) is 0 Å². The van der Waals surface area contributed by atoms with Gasteiger partial charge in [0.1, 0.15) is 6.23 Å². The fourth-order valence-corrected chi connectivity index (χ4v) is 2.59. The van der Waals surface area contributed by atoms with Crippen molar-refractivity contribution in [1.29, 1.82) is 0 Å². The number of carbonyl (C=O) groups is 2. The number of carbonyl (C=O) groups excluding carboxylic acids is 2. The molecule has 2 aliphatic rings. The number of amides is 3. The lowest BCUT2D eigenvalue weighted by atomic mass is 9.86. The molecule has 2 aliphatic heterocycles. The van der Waals surface area contributed by atoms with Crippen LogP contribution in [0.2, 0.25) is 0 Å². The van der Waals surface area contributed by atoms with Gasteiger partial charge in [0.05, 0.1) is 18.1 Å². The number of nitrogens with one attached hydrogen (secondary N) is 1. The second-order valence-corrected chi connectivity index (χ2v) is 5.28. The van der Waals surface area contributed by atoms with Gasteiger partial charge in [0.2, 0.25) is 5.91 Å². The predicted octanol–water partition coefficient (Wildman–Crippen LogP) is 0.618. The van der Waals surface area contributed by atoms with Crippen LogP contribution in [-0.2, 0) is 9.53 Å². The summed E-state index contributed by atoms with van der Waals surface area (Å²) in [6, 6.07) is -0.421. The molecule has 2 rings (SSSR count). The summed E-state index contributed by atoms with van der Waals surface area (Å²) in [4.78, 5) is 25.4. The molecule has 0 bridgehead atoms. The van der Waals surface area contributed by atoms with E-state index in [0.29, 0.717) is 13.0 Å². The molecule has 6 nitrogen and oxygen atoms in total. The van der Waals surface area contributed by atoms with Gasteiger partial charge >= 0.3 is 6.03 Å². The molecule has 0 saturated carbocycles. The minimum absolute atomic E-state index is 0.0446. The van der Waals surface area contributed by atoms with Crippen molar-refractivity contribution >= 4 is 11.9 Å². The minimum Gasteiger partial charge on any atom is -0.394 e. The highest BCUT2D eigenvalue weighted by Crippen LogP contribution is 2.30. The first-order valence-electron chi connectivity index (χ1n) is 6.52. The number of ether oxygens (including phenoxy) is 1. The number of nitrogens with zero attached hydrogens (tertiary/aromatic N) is 1. The molecule has 6 heteroatoms. The molecule has 0 aromatic heterocycles. The van der Waals surface area contributed by atoms with Gasteiger partial charge in [-0.2, -0.15) is 0 Å². The number of rotatable bonds is 3. The monoisotopic (exact) mass is 268 g/mol. The Kier molecular flexibility index (Phi) is 3.91. The van der Waals surface area contributed by atoms with E-state index in [1.54, 1.807) is 19.1 Å². The lowest BCUT2D eigenvalue weighted by Gasteiger charge is -2.40. The zero-order chi connectivity index (χ0) is 14.0. The van der Waals surface area contributed by atoms with Crippen molar-refractivity contribution < 1.29 is 19.4 Å². The Bertz CT molecular complexity index is 409. The van der Waals surface area contributed by atoms with Gasteiger partial charge in [-0.05, 0) is 26.7 Å². The van der Waals surface area contributed by atoms with E-state index in [1.807, 2.05) is 6.92 Å². The van der Waals surface area contributed by atoms with E-state index in [4.69, 9.17) is 9.84 Å². The summed E-state index contributed by atoms with van der Waals surface area (Å²) in [5, 5.41) is 11.4. The molecule has 2 N–H and O–H groups in total. The van der Waals surface area contributed by atoms with Gasteiger partial charge in [-0.1, -0.05) is 12.2 Å². The topological polar surface area (TPSA) is 78.9 Å². The molecule has 0 spiro atoms. The number of imide groups is 1. The molecular formula is C13H20N2O4. The average Bonchev–Trinajstić information content (AvgIpc) is 2.83. The Labute approximate surface area is 112 Å². The van der Waals surface area contributed by atoms with Crippen molar-refractivity contribution in [1.82, 2.24) is 10.2 Å². The summed E-state index contributed by atoms with van der Waals surface area (Å²) in [5.74, 6) is -0.288. The van der Waals surface area contributed by atoms with E-state index >= 15 is 0 Å². The van der Waals surface area contributed by atoms with Crippen LogP contribution in [0, 0.1) is 5.41 Å². The van der Waals surface area contributed by atoms with Crippen molar-refractivity contribution in [3.05, 3.63) is 12.2 Å². The summed E-state index contributed by atoms with van der Waals surface area (Å²) < 4.78 is 5.61. The molecule has 0 aromatic rings. The third-order valence-corrected chi connectivity index (χ3v) is 3.67. The quantitative estimate of drug-likeness (QED) is 0.735. The van der Waals surface area contributed by atoms with Crippen LogP contribution in [0.4, 0.5) is 4.79 Å². The maximum absolute atomic E-state index is 11.9. The summed E-state index contributed by atoms with van der Waals surface area (Å²) in [6.07, 6.45) is 4.41. The minimum atomic E-state index is -0.733. The molecule has 3 atom stereocenters. The van der Waals surface area contributed by atoms with E-state index in [0.717, 1.165) is 6.42 Å². The molecular weight excluding hydrogens is 248 g/mol. The van der Waals surface area contributed by atoms with Crippen LogP contribution in [0.1, 0.15) is 26.7 Å². The van der Waals surface area contributed by atoms with Crippen LogP contribution in [0.3, 0.4) is 0 Å². The maximum Gasteiger partial charge on any atom is 0.326 e. The standard InChI is InChI=1S/C13H20N2O4/c1-3-6-13(2)8-15(12(18)14-11(13)17)10-5-4-9(7-16)19-10/h3,6,9-10,16H,4-5,7-8H2,1-2H3,(H,14,17,18)/t9-,10+,13?/m0/s1. The summed E-state index contributed by atoms with van der Waals surface area (Å²) in [7, 11) is 0. The molecule has 0 aromatic carbocycles. The second kappa shape index (κ2) is 5.30. The van der Waals surface area contributed by atoms with Gasteiger partial charge in [0.25, 0.3) is 0 Å². The van der Waals surface area contributed by atoms with Gasteiger partial charge < -0.3 is 9.84 Å². The lowest BCUT2D eigenvalue weighted by Crippen LogP contribution is -2.61. The zero-order valence-corrected chi connectivity index (χ0v) is 11.3. The van der Waals surface area contributed by atoms with Gasteiger partial charge in [0.15, 0.2) is 0 Å². The Hall–Kier alpha value is -1.40. The van der Waals surface area contributed by atoms with Gasteiger partial charge in [-0.15, -0.1) is 0 Å². The largest absolute Gasteiger partial charge is 0.394 e. The SMILES string of the molecule is CC=CC1(C)CN([C@H]2CC[C@@H](CO)O2)C(=O)NC1=O. The average molecular weight is 268 g/mol. The molecule has 0 radical (unpaired) electrons. The molecule has 0 aliphatic carbocycles. The Morgan fingerprint density at radius 1 is 1.53 bits per heavy atom. The summed E-state index contributed by atoms with van der Waals surface area (Å²) in [6.45, 7) is 3.88. The Morgan fingerprint density at radius 2 is 2.26 bits per heavy atom. The van der Waals surface area contributed by atoms with Crippen molar-refractivity contribution in [3.8, 4) is 0 Å². The first-order valence-corrected chi connectivity index (χ1v) is 6.52. The highest BCUT2D eigenvalue weighted by Gasteiger charge is 2.44. The van der Waals surface area contributed by atoms with Crippen LogP contribution < -0.4 is 5.32 Å². The lowest BCUT2D eigenvalue weighted by molar-refractivity contribution is -0.133. The first-order chi connectivity index (χ1) is 9.00. The van der Waals surface area contributed by atoms with Gasteiger partial charge in [0, 0.05) is 6.54 Å². The van der Waals surface area contributed by atoms with Gasteiger partial charge in [-0.25, -0.2) is 4.79 Å². The smallest absolute Gasteiger partial charge is 0.326 e. The second-order valence-electron chi connectivity index (χ2n) is 5.28. The number of urea groups is 1. The van der Waals surface area contributed by atoms with Crippen LogP contribution in [-0.4, -0.2) is 47.4 Å². The highest BCUT2D eigenvalue weighted by atomic mass is 16.5. The fraction of sp³-hybridized carbons (Fsp3) is 0.692. The van der Waals surface area contributed by atoms with E-state index in [1.165, 1.54) is 4.90 Å².